The average Bonchev–Trinajstić information content (AvgIpc) is 3.05. The summed E-state index contributed by atoms with van der Waals surface area (Å²) < 4.78 is 5.66. The van der Waals surface area contributed by atoms with Crippen LogP contribution in [0.15, 0.2) is 60.2 Å². The van der Waals surface area contributed by atoms with Crippen LogP contribution in [-0.4, -0.2) is 58.9 Å². The van der Waals surface area contributed by atoms with Gasteiger partial charge in [-0.25, -0.2) is 0 Å². The van der Waals surface area contributed by atoms with Crippen molar-refractivity contribution in [1.82, 2.24) is 9.80 Å². The lowest BCUT2D eigenvalue weighted by Crippen LogP contribution is -2.38. The molecule has 3 rings (SSSR count). The smallest absolute Gasteiger partial charge is 0.295 e. The van der Waals surface area contributed by atoms with Gasteiger partial charge in [-0.1, -0.05) is 44.2 Å². The molecule has 6 heteroatoms. The van der Waals surface area contributed by atoms with Crippen LogP contribution in [0.4, 0.5) is 0 Å². The molecule has 1 amide bonds. The van der Waals surface area contributed by atoms with Gasteiger partial charge in [0, 0.05) is 18.7 Å². The molecule has 32 heavy (non-hydrogen) atoms. The quantitative estimate of drug-likeness (QED) is 0.362. The van der Waals surface area contributed by atoms with Gasteiger partial charge in [-0.15, -0.1) is 0 Å². The van der Waals surface area contributed by atoms with Crippen molar-refractivity contribution in [3.63, 3.8) is 0 Å². The predicted molar refractivity (Wildman–Crippen MR) is 125 cm³/mol. The number of nitrogens with zero attached hydrogens (tertiary/aromatic N) is 2. The van der Waals surface area contributed by atoms with Crippen LogP contribution in [0.25, 0.3) is 5.76 Å². The summed E-state index contributed by atoms with van der Waals surface area (Å²) in [6, 6.07) is 15.7. The Morgan fingerprint density at radius 1 is 1.03 bits per heavy atom. The summed E-state index contributed by atoms with van der Waals surface area (Å²) in [5.41, 5.74) is 1.40. The monoisotopic (exact) mass is 436 g/mol. The number of aliphatic hydroxyl groups excluding tert-OH is 1. The van der Waals surface area contributed by atoms with Gasteiger partial charge in [-0.2, -0.15) is 0 Å². The van der Waals surface area contributed by atoms with E-state index in [1.807, 2.05) is 44.2 Å². The van der Waals surface area contributed by atoms with Crippen LogP contribution in [0.2, 0.25) is 0 Å². The van der Waals surface area contributed by atoms with Crippen molar-refractivity contribution in [1.29, 1.82) is 0 Å². The summed E-state index contributed by atoms with van der Waals surface area (Å²) in [5, 5.41) is 11.1. The molecule has 2 aromatic rings. The Morgan fingerprint density at radius 3 is 2.22 bits per heavy atom. The molecule has 1 N–H and O–H groups in total. The molecule has 2 aromatic carbocycles. The lowest BCUT2D eigenvalue weighted by atomic mass is 9.95. The summed E-state index contributed by atoms with van der Waals surface area (Å²) in [4.78, 5) is 29.8. The molecular weight excluding hydrogens is 404 g/mol. The first-order valence-corrected chi connectivity index (χ1v) is 11.2. The fourth-order valence-electron chi connectivity index (χ4n) is 4.00. The molecule has 170 valence electrons. The van der Waals surface area contributed by atoms with E-state index >= 15 is 0 Å². The van der Waals surface area contributed by atoms with E-state index in [0.29, 0.717) is 24.4 Å². The highest BCUT2D eigenvalue weighted by molar-refractivity contribution is 6.46. The van der Waals surface area contributed by atoms with Crippen molar-refractivity contribution in [3.05, 3.63) is 71.3 Å². The molecule has 0 saturated carbocycles. The first kappa shape index (κ1) is 23.5. The molecule has 0 aromatic heterocycles. The predicted octanol–water partition coefficient (Wildman–Crippen LogP) is 4.24. The lowest BCUT2D eigenvalue weighted by molar-refractivity contribution is -0.140. The molecule has 6 nitrogen and oxygen atoms in total. The van der Waals surface area contributed by atoms with Crippen LogP contribution >= 0.6 is 0 Å². The Labute approximate surface area is 190 Å². The maximum absolute atomic E-state index is 13.1. The number of amides is 1. The number of aliphatic hydroxyl groups is 1. The third kappa shape index (κ3) is 5.02. The molecule has 0 unspecified atom stereocenters. The Balaban J connectivity index is 2.02. The molecule has 1 heterocycles. The summed E-state index contributed by atoms with van der Waals surface area (Å²) in [7, 11) is 0. The van der Waals surface area contributed by atoms with Crippen LogP contribution < -0.4 is 4.74 Å². The Morgan fingerprint density at radius 2 is 1.66 bits per heavy atom. The molecule has 0 aliphatic carbocycles. The van der Waals surface area contributed by atoms with E-state index in [1.165, 1.54) is 0 Å². The molecule has 1 aliphatic rings. The van der Waals surface area contributed by atoms with E-state index in [2.05, 4.69) is 18.7 Å². The average molecular weight is 437 g/mol. The van der Waals surface area contributed by atoms with E-state index in [1.54, 1.807) is 29.2 Å². The second-order valence-corrected chi connectivity index (χ2v) is 8.12. The van der Waals surface area contributed by atoms with Gasteiger partial charge >= 0.3 is 0 Å². The zero-order chi connectivity index (χ0) is 23.3. The number of rotatable bonds is 9. The standard InChI is InChI=1S/C26H32N2O4/c1-5-27(6-2)16-17-28-23(19-10-8-7-9-11-19)22(25(30)26(28)31)24(29)20-12-14-21(15-13-20)32-18(3)4/h7-15,18,23,29H,5-6,16-17H2,1-4H3/t23-/m0/s1. The molecular formula is C26H32N2O4. The highest BCUT2D eigenvalue weighted by Crippen LogP contribution is 2.39. The Hall–Kier alpha value is -3.12. The molecule has 1 saturated heterocycles. The Kier molecular flexibility index (Phi) is 7.70. The van der Waals surface area contributed by atoms with E-state index in [4.69, 9.17) is 4.74 Å². The molecule has 0 radical (unpaired) electrons. The van der Waals surface area contributed by atoms with Gasteiger partial charge in [-0.3, -0.25) is 9.59 Å². The van der Waals surface area contributed by atoms with Crippen LogP contribution in [0.5, 0.6) is 5.75 Å². The molecule has 0 spiro atoms. The highest BCUT2D eigenvalue weighted by Gasteiger charge is 2.45. The topological polar surface area (TPSA) is 70.1 Å². The minimum Gasteiger partial charge on any atom is -0.507 e. The fraction of sp³-hybridized carbons (Fsp3) is 0.385. The van der Waals surface area contributed by atoms with Gasteiger partial charge in [0.15, 0.2) is 0 Å². The highest BCUT2D eigenvalue weighted by atomic mass is 16.5. The molecule has 1 fully saturated rings. The fourth-order valence-corrected chi connectivity index (χ4v) is 4.00. The number of carbonyl (C=O) groups excluding carboxylic acids is 2. The second kappa shape index (κ2) is 10.5. The third-order valence-electron chi connectivity index (χ3n) is 5.71. The van der Waals surface area contributed by atoms with Crippen molar-refractivity contribution in [2.24, 2.45) is 0 Å². The van der Waals surface area contributed by atoms with Gasteiger partial charge in [0.1, 0.15) is 11.5 Å². The van der Waals surface area contributed by atoms with Gasteiger partial charge < -0.3 is 19.6 Å². The molecule has 0 bridgehead atoms. The van der Waals surface area contributed by atoms with E-state index in [9.17, 15) is 14.7 Å². The number of likely N-dealkylation sites (N-methyl/N-ethyl adjacent to an activating group) is 1. The number of ether oxygens (including phenoxy) is 1. The number of ketones is 1. The van der Waals surface area contributed by atoms with Gasteiger partial charge in [-0.05, 0) is 56.8 Å². The van der Waals surface area contributed by atoms with Crippen molar-refractivity contribution in [2.45, 2.75) is 39.8 Å². The van der Waals surface area contributed by atoms with Crippen LogP contribution in [-0.2, 0) is 9.59 Å². The minimum atomic E-state index is -0.654. The zero-order valence-corrected chi connectivity index (χ0v) is 19.2. The van der Waals surface area contributed by atoms with Crippen molar-refractivity contribution < 1.29 is 19.4 Å². The van der Waals surface area contributed by atoms with Crippen molar-refractivity contribution >= 4 is 17.4 Å². The number of hydrogen-bond donors (Lipinski definition) is 1. The molecule has 1 aliphatic heterocycles. The van der Waals surface area contributed by atoms with E-state index < -0.39 is 17.7 Å². The number of likely N-dealkylation sites (tertiary alicyclic amines) is 1. The lowest BCUT2D eigenvalue weighted by Gasteiger charge is -2.28. The first-order chi connectivity index (χ1) is 15.4. The van der Waals surface area contributed by atoms with E-state index in [0.717, 1.165) is 18.7 Å². The summed E-state index contributed by atoms with van der Waals surface area (Å²) in [6.07, 6.45) is 0.0312. The van der Waals surface area contributed by atoms with E-state index in [-0.39, 0.29) is 17.4 Å². The normalized spacial score (nSPS) is 18.1. The van der Waals surface area contributed by atoms with Gasteiger partial charge in [0.2, 0.25) is 0 Å². The second-order valence-electron chi connectivity index (χ2n) is 8.12. The number of hydrogen-bond acceptors (Lipinski definition) is 5. The largest absolute Gasteiger partial charge is 0.507 e. The SMILES string of the molecule is CCN(CC)CCN1C(=O)C(=O)C(=C(O)c2ccc(OC(C)C)cc2)[C@@H]1c1ccccc1. The Bertz CT molecular complexity index is 963. The summed E-state index contributed by atoms with van der Waals surface area (Å²) >= 11 is 0. The minimum absolute atomic E-state index is 0.0312. The van der Waals surface area contributed by atoms with Gasteiger partial charge in [0.05, 0.1) is 17.7 Å². The van der Waals surface area contributed by atoms with Crippen LogP contribution in [0.3, 0.4) is 0 Å². The zero-order valence-electron chi connectivity index (χ0n) is 19.2. The summed E-state index contributed by atoms with van der Waals surface area (Å²) in [6.45, 7) is 10.8. The number of Topliss-reactive ketones (excluding diaryl/α,β-unsaturated/α-hetero) is 1. The number of carbonyl (C=O) groups is 2. The van der Waals surface area contributed by atoms with Crippen molar-refractivity contribution in [2.75, 3.05) is 26.2 Å². The third-order valence-corrected chi connectivity index (χ3v) is 5.71. The van der Waals surface area contributed by atoms with Crippen LogP contribution in [0, 0.1) is 0 Å². The maximum Gasteiger partial charge on any atom is 0.295 e. The summed E-state index contributed by atoms with van der Waals surface area (Å²) in [5.74, 6) is -0.722. The van der Waals surface area contributed by atoms with Crippen LogP contribution in [0.1, 0.15) is 44.9 Å². The first-order valence-electron chi connectivity index (χ1n) is 11.2. The molecule has 1 atom stereocenters. The maximum atomic E-state index is 13.1. The van der Waals surface area contributed by atoms with Crippen molar-refractivity contribution in [3.8, 4) is 5.75 Å². The number of benzene rings is 2. The van der Waals surface area contributed by atoms with Gasteiger partial charge in [0.25, 0.3) is 11.7 Å².